The van der Waals surface area contributed by atoms with Crippen molar-refractivity contribution in [1.29, 1.82) is 0 Å². The summed E-state index contributed by atoms with van der Waals surface area (Å²) in [6, 6.07) is 0.638. The van der Waals surface area contributed by atoms with Gasteiger partial charge >= 0.3 is 0 Å². The first kappa shape index (κ1) is 13.9. The van der Waals surface area contributed by atoms with Crippen molar-refractivity contribution in [3.05, 3.63) is 0 Å². The van der Waals surface area contributed by atoms with Gasteiger partial charge in [0, 0.05) is 25.7 Å². The van der Waals surface area contributed by atoms with Crippen molar-refractivity contribution in [2.75, 3.05) is 32.8 Å². The predicted molar refractivity (Wildman–Crippen MR) is 68.8 cm³/mol. The lowest BCUT2D eigenvalue weighted by molar-refractivity contribution is -0.0629. The Morgan fingerprint density at radius 3 is 2.56 bits per heavy atom. The lowest BCUT2D eigenvalue weighted by Gasteiger charge is -2.36. The van der Waals surface area contributed by atoms with Crippen LogP contribution in [0.4, 0.5) is 0 Å². The van der Waals surface area contributed by atoms with Gasteiger partial charge in [0.15, 0.2) is 0 Å². The summed E-state index contributed by atoms with van der Waals surface area (Å²) in [7, 11) is 0. The van der Waals surface area contributed by atoms with Gasteiger partial charge in [-0.1, -0.05) is 13.8 Å². The van der Waals surface area contributed by atoms with Crippen molar-refractivity contribution < 1.29 is 4.74 Å². The summed E-state index contributed by atoms with van der Waals surface area (Å²) in [5, 5.41) is 3.65. The molecule has 96 valence electrons. The van der Waals surface area contributed by atoms with Crippen molar-refractivity contribution in [2.24, 2.45) is 0 Å². The van der Waals surface area contributed by atoms with Gasteiger partial charge in [-0.05, 0) is 39.8 Å². The quantitative estimate of drug-likeness (QED) is 0.751. The second kappa shape index (κ2) is 6.58. The van der Waals surface area contributed by atoms with Crippen molar-refractivity contribution >= 4 is 0 Å². The third kappa shape index (κ3) is 4.81. The van der Waals surface area contributed by atoms with Gasteiger partial charge in [0.05, 0.1) is 5.60 Å². The zero-order valence-corrected chi connectivity index (χ0v) is 11.4. The monoisotopic (exact) mass is 228 g/mol. The van der Waals surface area contributed by atoms with Crippen LogP contribution in [-0.4, -0.2) is 49.3 Å². The highest BCUT2D eigenvalue weighted by Crippen LogP contribution is 2.23. The van der Waals surface area contributed by atoms with Crippen molar-refractivity contribution in [3.63, 3.8) is 0 Å². The fourth-order valence-electron chi connectivity index (χ4n) is 2.37. The second-order valence-corrected chi connectivity index (χ2v) is 5.28. The number of likely N-dealkylation sites (N-methyl/N-ethyl adjacent to an activating group) is 1. The van der Waals surface area contributed by atoms with Crippen LogP contribution < -0.4 is 5.32 Å². The molecule has 1 heterocycles. The number of rotatable bonds is 6. The molecule has 1 rings (SSSR count). The highest BCUT2D eigenvalue weighted by atomic mass is 16.5. The van der Waals surface area contributed by atoms with E-state index in [2.05, 4.69) is 37.9 Å². The van der Waals surface area contributed by atoms with E-state index in [1.807, 2.05) is 0 Å². The van der Waals surface area contributed by atoms with E-state index in [1.165, 1.54) is 0 Å². The molecular weight excluding hydrogens is 200 g/mol. The SMILES string of the molecule is CCN(CC)CCNC1CCOC(C)(C)C1. The molecule has 1 unspecified atom stereocenters. The Balaban J connectivity index is 2.17. The Labute approximate surface area is 101 Å². The van der Waals surface area contributed by atoms with Gasteiger partial charge in [-0.15, -0.1) is 0 Å². The Morgan fingerprint density at radius 1 is 1.31 bits per heavy atom. The zero-order valence-electron chi connectivity index (χ0n) is 11.4. The summed E-state index contributed by atoms with van der Waals surface area (Å²) in [5.41, 5.74) is 0.0606. The number of hydrogen-bond donors (Lipinski definition) is 1. The lowest BCUT2D eigenvalue weighted by Crippen LogP contribution is -2.45. The molecule has 1 aliphatic heterocycles. The number of hydrogen-bond acceptors (Lipinski definition) is 3. The van der Waals surface area contributed by atoms with Crippen LogP contribution in [0.1, 0.15) is 40.5 Å². The molecular formula is C13H28N2O. The molecule has 1 saturated heterocycles. The van der Waals surface area contributed by atoms with E-state index in [0.717, 1.165) is 45.6 Å². The molecule has 1 aliphatic rings. The van der Waals surface area contributed by atoms with E-state index < -0.39 is 0 Å². The molecule has 1 atom stereocenters. The van der Waals surface area contributed by atoms with Gasteiger partial charge in [-0.2, -0.15) is 0 Å². The molecule has 0 bridgehead atoms. The van der Waals surface area contributed by atoms with E-state index in [1.54, 1.807) is 0 Å². The van der Waals surface area contributed by atoms with Gasteiger partial charge in [0.1, 0.15) is 0 Å². The van der Waals surface area contributed by atoms with Gasteiger partial charge in [0.25, 0.3) is 0 Å². The van der Waals surface area contributed by atoms with Crippen LogP contribution in [0.25, 0.3) is 0 Å². The summed E-state index contributed by atoms with van der Waals surface area (Å²) in [6.07, 6.45) is 2.28. The fraction of sp³-hybridized carbons (Fsp3) is 1.00. The van der Waals surface area contributed by atoms with Crippen molar-refractivity contribution in [1.82, 2.24) is 10.2 Å². The van der Waals surface area contributed by atoms with Gasteiger partial charge in [-0.3, -0.25) is 0 Å². The van der Waals surface area contributed by atoms with Crippen molar-refractivity contribution in [3.8, 4) is 0 Å². The molecule has 3 nitrogen and oxygen atoms in total. The van der Waals surface area contributed by atoms with Crippen LogP contribution in [0, 0.1) is 0 Å². The van der Waals surface area contributed by atoms with Gasteiger partial charge < -0.3 is 15.0 Å². The molecule has 1 N–H and O–H groups in total. The summed E-state index contributed by atoms with van der Waals surface area (Å²) in [6.45, 7) is 14.3. The smallest absolute Gasteiger partial charge is 0.0641 e. The van der Waals surface area contributed by atoms with E-state index >= 15 is 0 Å². The maximum absolute atomic E-state index is 5.71. The van der Waals surface area contributed by atoms with E-state index in [-0.39, 0.29) is 5.60 Å². The maximum atomic E-state index is 5.71. The second-order valence-electron chi connectivity index (χ2n) is 5.28. The predicted octanol–water partition coefficient (Wildman–Crippen LogP) is 1.88. The maximum Gasteiger partial charge on any atom is 0.0641 e. The molecule has 0 aromatic carbocycles. The molecule has 16 heavy (non-hydrogen) atoms. The fourth-order valence-corrected chi connectivity index (χ4v) is 2.37. The standard InChI is InChI=1S/C13H28N2O/c1-5-15(6-2)9-8-14-12-7-10-16-13(3,4)11-12/h12,14H,5-11H2,1-4H3. The molecule has 0 aromatic rings. The Kier molecular flexibility index (Phi) is 5.73. The average Bonchev–Trinajstić information content (AvgIpc) is 2.23. The zero-order chi connectivity index (χ0) is 12.0. The number of ether oxygens (including phenoxy) is 1. The summed E-state index contributed by atoms with van der Waals surface area (Å²) in [5.74, 6) is 0. The molecule has 0 aromatic heterocycles. The summed E-state index contributed by atoms with van der Waals surface area (Å²) in [4.78, 5) is 2.46. The van der Waals surface area contributed by atoms with E-state index in [0.29, 0.717) is 6.04 Å². The lowest BCUT2D eigenvalue weighted by atomic mass is 9.94. The first-order valence-electron chi connectivity index (χ1n) is 6.67. The van der Waals surface area contributed by atoms with Gasteiger partial charge in [-0.25, -0.2) is 0 Å². The molecule has 0 amide bonds. The minimum atomic E-state index is 0.0606. The van der Waals surface area contributed by atoms with Gasteiger partial charge in [0.2, 0.25) is 0 Å². The van der Waals surface area contributed by atoms with E-state index in [9.17, 15) is 0 Å². The number of nitrogens with one attached hydrogen (secondary N) is 1. The highest BCUT2D eigenvalue weighted by Gasteiger charge is 2.28. The molecule has 0 radical (unpaired) electrons. The van der Waals surface area contributed by atoms with Crippen LogP contribution in [0.15, 0.2) is 0 Å². The highest BCUT2D eigenvalue weighted by molar-refractivity contribution is 4.83. The molecule has 0 aliphatic carbocycles. The summed E-state index contributed by atoms with van der Waals surface area (Å²) >= 11 is 0. The largest absolute Gasteiger partial charge is 0.375 e. The van der Waals surface area contributed by atoms with Crippen LogP contribution in [0.5, 0.6) is 0 Å². The normalized spacial score (nSPS) is 24.9. The van der Waals surface area contributed by atoms with Crippen molar-refractivity contribution in [2.45, 2.75) is 52.2 Å². The van der Waals surface area contributed by atoms with E-state index in [4.69, 9.17) is 4.74 Å². The third-order valence-electron chi connectivity index (χ3n) is 3.45. The molecule has 0 spiro atoms. The van der Waals surface area contributed by atoms with Crippen LogP contribution in [-0.2, 0) is 4.74 Å². The summed E-state index contributed by atoms with van der Waals surface area (Å²) < 4.78 is 5.71. The number of nitrogens with zero attached hydrogens (tertiary/aromatic N) is 1. The van der Waals surface area contributed by atoms with Crippen LogP contribution in [0.2, 0.25) is 0 Å². The molecule has 3 heteroatoms. The molecule has 0 saturated carbocycles. The first-order chi connectivity index (χ1) is 7.57. The Bertz CT molecular complexity index is 190. The van der Waals surface area contributed by atoms with Crippen LogP contribution >= 0.6 is 0 Å². The third-order valence-corrected chi connectivity index (χ3v) is 3.45. The topological polar surface area (TPSA) is 24.5 Å². The Hall–Kier alpha value is -0.120. The average molecular weight is 228 g/mol. The van der Waals surface area contributed by atoms with Crippen LogP contribution in [0.3, 0.4) is 0 Å². The Morgan fingerprint density at radius 2 is 2.00 bits per heavy atom. The molecule has 1 fully saturated rings. The first-order valence-corrected chi connectivity index (χ1v) is 6.67. The minimum Gasteiger partial charge on any atom is -0.375 e. The minimum absolute atomic E-state index is 0.0606.